The Balaban J connectivity index is 2.62. The van der Waals surface area contributed by atoms with Gasteiger partial charge in [0, 0.05) is 12.6 Å². The molecule has 0 radical (unpaired) electrons. The Bertz CT molecular complexity index is 362. The third-order valence-corrected chi connectivity index (χ3v) is 2.35. The maximum atomic E-state index is 11.1. The molecule has 1 aromatic heterocycles. The van der Waals surface area contributed by atoms with Gasteiger partial charge in [-0.05, 0) is 18.9 Å². The van der Waals surface area contributed by atoms with Crippen LogP contribution in [-0.2, 0) is 11.2 Å². The second kappa shape index (κ2) is 6.24. The van der Waals surface area contributed by atoms with Crippen molar-refractivity contribution in [3.63, 3.8) is 0 Å². The van der Waals surface area contributed by atoms with Crippen LogP contribution in [0.2, 0.25) is 0 Å². The van der Waals surface area contributed by atoms with Crippen LogP contribution in [0.25, 0.3) is 0 Å². The normalized spacial score (nSPS) is 12.7. The van der Waals surface area contributed by atoms with Crippen molar-refractivity contribution < 1.29 is 9.90 Å². The van der Waals surface area contributed by atoms with Gasteiger partial charge in [-0.15, -0.1) is 0 Å². The standard InChI is InChI=1S/C11H20N4O2/c1-8(2)5-10(11(16)17)14-15-6-9(3-4-12)13-7-15/h6-8,10,14H,3-5,12H2,1-2H3,(H,16,17)/t10-/m0/s1. The molecule has 1 atom stereocenters. The maximum absolute atomic E-state index is 11.1. The van der Waals surface area contributed by atoms with Gasteiger partial charge in [-0.1, -0.05) is 13.8 Å². The van der Waals surface area contributed by atoms with Gasteiger partial charge < -0.3 is 16.3 Å². The lowest BCUT2D eigenvalue weighted by Gasteiger charge is -2.17. The quantitative estimate of drug-likeness (QED) is 0.642. The van der Waals surface area contributed by atoms with Crippen LogP contribution in [0, 0.1) is 5.92 Å². The van der Waals surface area contributed by atoms with Gasteiger partial charge >= 0.3 is 5.97 Å². The molecule has 0 saturated heterocycles. The van der Waals surface area contributed by atoms with Crippen molar-refractivity contribution in [1.82, 2.24) is 9.66 Å². The first kappa shape index (κ1) is 13.5. The molecule has 4 N–H and O–H groups in total. The van der Waals surface area contributed by atoms with Gasteiger partial charge in [0.15, 0.2) is 0 Å². The minimum atomic E-state index is -0.854. The number of imidazole rings is 1. The summed E-state index contributed by atoms with van der Waals surface area (Å²) in [7, 11) is 0. The molecule has 96 valence electrons. The Kier molecular flexibility index (Phi) is 4.96. The van der Waals surface area contributed by atoms with Gasteiger partial charge in [-0.3, -0.25) is 4.68 Å². The highest BCUT2D eigenvalue weighted by Gasteiger charge is 2.18. The number of nitrogens with two attached hydrogens (primary N) is 1. The van der Waals surface area contributed by atoms with Crippen molar-refractivity contribution in [2.45, 2.75) is 32.7 Å². The van der Waals surface area contributed by atoms with E-state index in [1.165, 1.54) is 0 Å². The molecule has 17 heavy (non-hydrogen) atoms. The van der Waals surface area contributed by atoms with Crippen LogP contribution in [0.1, 0.15) is 26.0 Å². The first-order valence-electron chi connectivity index (χ1n) is 5.75. The van der Waals surface area contributed by atoms with Crippen molar-refractivity contribution in [1.29, 1.82) is 0 Å². The molecule has 0 aliphatic rings. The summed E-state index contributed by atoms with van der Waals surface area (Å²) in [5, 5.41) is 9.08. The van der Waals surface area contributed by atoms with Crippen molar-refractivity contribution >= 4 is 5.97 Å². The number of nitrogens with one attached hydrogen (secondary N) is 1. The van der Waals surface area contributed by atoms with E-state index in [9.17, 15) is 4.79 Å². The number of carbonyl (C=O) groups is 1. The van der Waals surface area contributed by atoms with Gasteiger partial charge in [-0.2, -0.15) is 0 Å². The van der Waals surface area contributed by atoms with Gasteiger partial charge in [0.05, 0.1) is 5.69 Å². The van der Waals surface area contributed by atoms with Crippen LogP contribution in [0.5, 0.6) is 0 Å². The molecule has 0 aromatic carbocycles. The Hall–Kier alpha value is -1.56. The van der Waals surface area contributed by atoms with Crippen molar-refractivity contribution in [3.05, 3.63) is 18.2 Å². The fourth-order valence-corrected chi connectivity index (χ4v) is 1.57. The van der Waals surface area contributed by atoms with Crippen LogP contribution >= 0.6 is 0 Å². The number of carboxylic acids is 1. The SMILES string of the molecule is CC(C)C[C@H](Nn1cnc(CCN)c1)C(=O)O. The second-order valence-electron chi connectivity index (χ2n) is 4.46. The molecule has 0 spiro atoms. The monoisotopic (exact) mass is 240 g/mol. The molecule has 0 bridgehead atoms. The lowest BCUT2D eigenvalue weighted by atomic mass is 10.0. The third kappa shape index (κ3) is 4.44. The zero-order valence-corrected chi connectivity index (χ0v) is 10.3. The number of carboxylic acid groups (broad SMARTS) is 1. The van der Waals surface area contributed by atoms with Gasteiger partial charge in [0.2, 0.25) is 0 Å². The summed E-state index contributed by atoms with van der Waals surface area (Å²) in [6.45, 7) is 4.52. The van der Waals surface area contributed by atoms with Crippen molar-refractivity contribution in [2.75, 3.05) is 12.0 Å². The summed E-state index contributed by atoms with van der Waals surface area (Å²) in [6.07, 6.45) is 4.60. The van der Waals surface area contributed by atoms with E-state index in [-0.39, 0.29) is 0 Å². The van der Waals surface area contributed by atoms with Crippen LogP contribution in [0.3, 0.4) is 0 Å². The number of aliphatic carboxylic acids is 1. The van der Waals surface area contributed by atoms with E-state index in [0.29, 0.717) is 25.3 Å². The Morgan fingerprint density at radius 1 is 1.65 bits per heavy atom. The van der Waals surface area contributed by atoms with Crippen LogP contribution < -0.4 is 11.2 Å². The Morgan fingerprint density at radius 2 is 2.35 bits per heavy atom. The molecule has 6 nitrogen and oxygen atoms in total. The predicted molar refractivity (Wildman–Crippen MR) is 65.2 cm³/mol. The zero-order chi connectivity index (χ0) is 12.8. The molecule has 0 saturated carbocycles. The third-order valence-electron chi connectivity index (χ3n) is 2.35. The average Bonchev–Trinajstić information content (AvgIpc) is 2.64. The van der Waals surface area contributed by atoms with E-state index in [2.05, 4.69) is 10.4 Å². The molecule has 0 aliphatic heterocycles. The van der Waals surface area contributed by atoms with Gasteiger partial charge in [0.1, 0.15) is 12.4 Å². The summed E-state index contributed by atoms with van der Waals surface area (Å²) >= 11 is 0. The molecule has 0 amide bonds. The fraction of sp³-hybridized carbons (Fsp3) is 0.636. The molecule has 0 aliphatic carbocycles. The summed E-state index contributed by atoms with van der Waals surface area (Å²) in [5.41, 5.74) is 9.18. The highest BCUT2D eigenvalue weighted by molar-refractivity contribution is 5.74. The molecule has 0 fully saturated rings. The lowest BCUT2D eigenvalue weighted by Crippen LogP contribution is -2.35. The summed E-state index contributed by atoms with van der Waals surface area (Å²) in [5.74, 6) is -0.539. The topological polar surface area (TPSA) is 93.2 Å². The van der Waals surface area contributed by atoms with E-state index in [4.69, 9.17) is 10.8 Å². The molecule has 1 aromatic rings. The Labute approximate surface area is 101 Å². The smallest absolute Gasteiger partial charge is 0.327 e. The van der Waals surface area contributed by atoms with Crippen molar-refractivity contribution in [3.8, 4) is 0 Å². The van der Waals surface area contributed by atoms with Crippen LogP contribution in [0.15, 0.2) is 12.5 Å². The number of hydrogen-bond acceptors (Lipinski definition) is 4. The number of nitrogens with zero attached hydrogens (tertiary/aromatic N) is 2. The minimum absolute atomic E-state index is 0.315. The summed E-state index contributed by atoms with van der Waals surface area (Å²) < 4.78 is 1.59. The van der Waals surface area contributed by atoms with E-state index in [0.717, 1.165) is 5.69 Å². The number of hydrogen-bond donors (Lipinski definition) is 3. The lowest BCUT2D eigenvalue weighted by molar-refractivity contribution is -0.138. The van der Waals surface area contributed by atoms with Gasteiger partial charge in [0.25, 0.3) is 0 Å². The summed E-state index contributed by atoms with van der Waals surface area (Å²) in [6, 6.07) is -0.602. The van der Waals surface area contributed by atoms with Gasteiger partial charge in [-0.25, -0.2) is 9.78 Å². The molecule has 6 heteroatoms. The zero-order valence-electron chi connectivity index (χ0n) is 10.3. The van der Waals surface area contributed by atoms with E-state index in [1.807, 2.05) is 13.8 Å². The van der Waals surface area contributed by atoms with E-state index < -0.39 is 12.0 Å². The maximum Gasteiger partial charge on any atom is 0.327 e. The number of rotatable bonds is 7. The predicted octanol–water partition coefficient (Wildman–Crippen LogP) is 0.427. The first-order valence-corrected chi connectivity index (χ1v) is 5.75. The van der Waals surface area contributed by atoms with Crippen molar-refractivity contribution in [2.24, 2.45) is 11.7 Å². The molecule has 1 rings (SSSR count). The molecule has 0 unspecified atom stereocenters. The minimum Gasteiger partial charge on any atom is -0.480 e. The molecule has 1 heterocycles. The fourth-order valence-electron chi connectivity index (χ4n) is 1.57. The van der Waals surface area contributed by atoms with E-state index in [1.54, 1.807) is 17.2 Å². The van der Waals surface area contributed by atoms with Crippen LogP contribution in [-0.4, -0.2) is 33.3 Å². The highest BCUT2D eigenvalue weighted by Crippen LogP contribution is 2.06. The largest absolute Gasteiger partial charge is 0.480 e. The molecular formula is C11H20N4O2. The Morgan fingerprint density at radius 3 is 2.88 bits per heavy atom. The van der Waals surface area contributed by atoms with E-state index >= 15 is 0 Å². The highest BCUT2D eigenvalue weighted by atomic mass is 16.4. The summed E-state index contributed by atoms with van der Waals surface area (Å²) in [4.78, 5) is 15.2. The van der Waals surface area contributed by atoms with Crippen LogP contribution in [0.4, 0.5) is 0 Å². The first-order chi connectivity index (χ1) is 8.02. The number of aromatic nitrogens is 2. The second-order valence-corrected chi connectivity index (χ2v) is 4.46. The average molecular weight is 240 g/mol. The molecular weight excluding hydrogens is 220 g/mol.